The van der Waals surface area contributed by atoms with E-state index >= 15 is 0 Å². The van der Waals surface area contributed by atoms with Gasteiger partial charge in [-0.15, -0.1) is 0 Å². The van der Waals surface area contributed by atoms with E-state index in [9.17, 15) is 5.21 Å². The van der Waals surface area contributed by atoms with Crippen LogP contribution in [0.3, 0.4) is 0 Å². The number of rotatable bonds is 1. The van der Waals surface area contributed by atoms with Crippen LogP contribution in [0.4, 0.5) is 0 Å². The summed E-state index contributed by atoms with van der Waals surface area (Å²) in [5.74, 6) is 0. The van der Waals surface area contributed by atoms with Gasteiger partial charge >= 0.3 is 0 Å². The van der Waals surface area contributed by atoms with Gasteiger partial charge in [0.2, 0.25) is 6.21 Å². The van der Waals surface area contributed by atoms with Gasteiger partial charge in [0.25, 0.3) is 0 Å². The Hall–Kier alpha value is -0.770. The molecular weight excluding hydrogens is 132 g/mol. The quantitative estimate of drug-likeness (QED) is 0.480. The van der Waals surface area contributed by atoms with Crippen molar-refractivity contribution >= 4 is 6.21 Å². The third kappa shape index (κ3) is 1.60. The Balaban J connectivity index is 2.42. The SMILES string of the molecule is CN(C)C1CC=[N+]([O-])OC1. The zero-order valence-corrected chi connectivity index (χ0v) is 6.28. The van der Waals surface area contributed by atoms with E-state index in [1.54, 1.807) is 0 Å². The summed E-state index contributed by atoms with van der Waals surface area (Å²) in [5, 5.41) is 10.5. The van der Waals surface area contributed by atoms with Gasteiger partial charge in [-0.25, -0.2) is 0 Å². The molecule has 0 fully saturated rings. The molecule has 1 unspecified atom stereocenters. The molecule has 1 aliphatic heterocycles. The van der Waals surface area contributed by atoms with Gasteiger partial charge in [-0.1, -0.05) is 0 Å². The lowest BCUT2D eigenvalue weighted by Crippen LogP contribution is -2.37. The van der Waals surface area contributed by atoms with Crippen LogP contribution in [0.15, 0.2) is 0 Å². The molecule has 1 aliphatic rings. The Morgan fingerprint density at radius 2 is 2.40 bits per heavy atom. The maximum atomic E-state index is 10.5. The van der Waals surface area contributed by atoms with Crippen molar-refractivity contribution in [1.82, 2.24) is 4.90 Å². The Labute approximate surface area is 60.2 Å². The van der Waals surface area contributed by atoms with Crippen molar-refractivity contribution in [3.05, 3.63) is 5.21 Å². The van der Waals surface area contributed by atoms with E-state index in [4.69, 9.17) is 4.84 Å². The molecular formula is C6H12N2O2. The fraction of sp³-hybridized carbons (Fsp3) is 0.833. The molecule has 0 bridgehead atoms. The summed E-state index contributed by atoms with van der Waals surface area (Å²) >= 11 is 0. The molecule has 0 saturated heterocycles. The number of hydrogen-bond donors (Lipinski definition) is 0. The maximum Gasteiger partial charge on any atom is 0.211 e. The molecule has 1 atom stereocenters. The molecule has 0 N–H and O–H groups in total. The van der Waals surface area contributed by atoms with Crippen LogP contribution in [-0.4, -0.2) is 42.8 Å². The second-order valence-electron chi connectivity index (χ2n) is 2.62. The van der Waals surface area contributed by atoms with Crippen LogP contribution >= 0.6 is 0 Å². The second-order valence-corrected chi connectivity index (χ2v) is 2.62. The third-order valence-corrected chi connectivity index (χ3v) is 1.65. The highest BCUT2D eigenvalue weighted by atomic mass is 16.9. The normalized spacial score (nSPS) is 25.9. The molecule has 1 rings (SSSR count). The molecule has 0 saturated carbocycles. The molecule has 4 nitrogen and oxygen atoms in total. The third-order valence-electron chi connectivity index (χ3n) is 1.65. The first-order valence-corrected chi connectivity index (χ1v) is 3.29. The molecule has 0 aromatic carbocycles. The summed E-state index contributed by atoms with van der Waals surface area (Å²) in [4.78, 5) is 7.31. The zero-order valence-electron chi connectivity index (χ0n) is 6.28. The highest BCUT2D eigenvalue weighted by molar-refractivity contribution is 5.52. The Bertz CT molecular complexity index is 145. The first kappa shape index (κ1) is 7.34. The highest BCUT2D eigenvalue weighted by Gasteiger charge is 2.16. The molecule has 0 aromatic rings. The lowest BCUT2D eigenvalue weighted by molar-refractivity contribution is -0.744. The van der Waals surface area contributed by atoms with Crippen LogP contribution in [0.1, 0.15) is 6.42 Å². The largest absolute Gasteiger partial charge is 0.402 e. The minimum absolute atomic E-state index is 0.352. The topological polar surface area (TPSA) is 38.5 Å². The Morgan fingerprint density at radius 1 is 1.70 bits per heavy atom. The van der Waals surface area contributed by atoms with Crippen LogP contribution in [0, 0.1) is 5.21 Å². The number of likely N-dealkylation sites (N-methyl/N-ethyl adjacent to an activating group) is 1. The standard InChI is InChI=1S/C6H12N2O2/c1-7(2)6-3-4-8(9)10-5-6/h4,6H,3,5H2,1-2H3. The summed E-state index contributed by atoms with van der Waals surface area (Å²) in [7, 11) is 3.95. The van der Waals surface area contributed by atoms with Crippen molar-refractivity contribution in [2.75, 3.05) is 20.7 Å². The fourth-order valence-corrected chi connectivity index (χ4v) is 0.848. The van der Waals surface area contributed by atoms with Gasteiger partial charge in [-0.3, -0.25) is 5.21 Å². The van der Waals surface area contributed by atoms with Gasteiger partial charge < -0.3 is 9.74 Å². The van der Waals surface area contributed by atoms with Crippen molar-refractivity contribution < 1.29 is 9.74 Å². The van der Waals surface area contributed by atoms with E-state index in [0.29, 0.717) is 17.6 Å². The second kappa shape index (κ2) is 2.88. The van der Waals surface area contributed by atoms with E-state index in [1.165, 1.54) is 6.21 Å². The highest BCUT2D eigenvalue weighted by Crippen LogP contribution is 2.02. The fourth-order valence-electron chi connectivity index (χ4n) is 0.848. The van der Waals surface area contributed by atoms with Gasteiger partial charge in [0, 0.05) is 17.4 Å². The summed E-state index contributed by atoms with van der Waals surface area (Å²) in [6.45, 7) is 0.493. The van der Waals surface area contributed by atoms with Gasteiger partial charge in [-0.05, 0) is 14.1 Å². The predicted molar refractivity (Wildman–Crippen MR) is 37.7 cm³/mol. The van der Waals surface area contributed by atoms with E-state index in [-0.39, 0.29) is 0 Å². The van der Waals surface area contributed by atoms with Gasteiger partial charge in [0.15, 0.2) is 0 Å². The van der Waals surface area contributed by atoms with E-state index in [0.717, 1.165) is 6.42 Å². The molecule has 58 valence electrons. The van der Waals surface area contributed by atoms with Gasteiger partial charge in [-0.2, -0.15) is 0 Å². The maximum absolute atomic E-state index is 10.5. The lowest BCUT2D eigenvalue weighted by atomic mass is 10.2. The average Bonchev–Trinajstić information content (AvgIpc) is 1.88. The minimum atomic E-state index is 0.352. The molecule has 0 radical (unpaired) electrons. The summed E-state index contributed by atoms with van der Waals surface area (Å²) in [6, 6.07) is 0.352. The van der Waals surface area contributed by atoms with Gasteiger partial charge in [0.1, 0.15) is 0 Å². The van der Waals surface area contributed by atoms with Crippen molar-refractivity contribution in [2.24, 2.45) is 0 Å². The van der Waals surface area contributed by atoms with Crippen LogP contribution in [0.5, 0.6) is 0 Å². The molecule has 1 heterocycles. The Kier molecular flexibility index (Phi) is 2.11. The van der Waals surface area contributed by atoms with Crippen molar-refractivity contribution in [3.8, 4) is 0 Å². The monoisotopic (exact) mass is 144 g/mol. The summed E-state index contributed by atoms with van der Waals surface area (Å²) < 4.78 is 0. The van der Waals surface area contributed by atoms with Crippen molar-refractivity contribution in [2.45, 2.75) is 12.5 Å². The van der Waals surface area contributed by atoms with Crippen LogP contribution in [0.25, 0.3) is 0 Å². The average molecular weight is 144 g/mol. The smallest absolute Gasteiger partial charge is 0.211 e. The Morgan fingerprint density at radius 3 is 2.80 bits per heavy atom. The zero-order chi connectivity index (χ0) is 7.56. The number of hydrogen-bond acceptors (Lipinski definition) is 3. The summed E-state index contributed by atoms with van der Waals surface area (Å²) in [6.07, 6.45) is 2.28. The number of nitrogens with zero attached hydrogens (tertiary/aromatic N) is 2. The van der Waals surface area contributed by atoms with Crippen LogP contribution < -0.4 is 0 Å². The molecule has 0 aliphatic carbocycles. The van der Waals surface area contributed by atoms with Gasteiger partial charge in [0.05, 0.1) is 6.61 Å². The minimum Gasteiger partial charge on any atom is -0.402 e. The van der Waals surface area contributed by atoms with Crippen molar-refractivity contribution in [1.29, 1.82) is 0 Å². The summed E-state index contributed by atoms with van der Waals surface area (Å²) in [5.41, 5.74) is 0. The lowest BCUT2D eigenvalue weighted by Gasteiger charge is -2.25. The van der Waals surface area contributed by atoms with E-state index in [2.05, 4.69) is 0 Å². The predicted octanol–water partition coefficient (Wildman–Crippen LogP) is -0.167. The molecule has 0 aromatic heterocycles. The van der Waals surface area contributed by atoms with E-state index in [1.807, 2.05) is 19.0 Å². The van der Waals surface area contributed by atoms with E-state index < -0.39 is 0 Å². The van der Waals surface area contributed by atoms with Crippen LogP contribution in [-0.2, 0) is 4.84 Å². The molecule has 10 heavy (non-hydrogen) atoms. The van der Waals surface area contributed by atoms with Crippen LogP contribution in [0.2, 0.25) is 0 Å². The first-order chi connectivity index (χ1) is 4.70. The first-order valence-electron chi connectivity index (χ1n) is 3.29. The van der Waals surface area contributed by atoms with Crippen molar-refractivity contribution in [3.63, 3.8) is 0 Å². The molecule has 0 amide bonds. The molecule has 4 heteroatoms. The molecule has 0 spiro atoms.